The Hall–Kier alpha value is -1.18. The number of aliphatic hydroxyl groups is 1. The second kappa shape index (κ2) is 2.16. The van der Waals surface area contributed by atoms with E-state index >= 15 is 0 Å². The fourth-order valence-electron chi connectivity index (χ4n) is 1.50. The zero-order valence-corrected chi connectivity index (χ0v) is 6.41. The van der Waals surface area contributed by atoms with Gasteiger partial charge >= 0.3 is 0 Å². The van der Waals surface area contributed by atoms with Gasteiger partial charge in [-0.2, -0.15) is 0 Å². The molecule has 0 aromatic heterocycles. The van der Waals surface area contributed by atoms with Crippen LogP contribution in [0.4, 0.5) is 0 Å². The second-order valence-corrected chi connectivity index (χ2v) is 3.03. The average molecular weight is 149 g/mol. The standard InChI is InChI=1S/C9H11NO/c1-6-4-7-2-3-10-8(7)5-9(6)11/h2-5,7-8,10-11H,1H3. The van der Waals surface area contributed by atoms with E-state index in [2.05, 4.69) is 17.5 Å². The van der Waals surface area contributed by atoms with Crippen LogP contribution in [-0.2, 0) is 0 Å². The normalized spacial score (nSPS) is 33.9. The molecule has 0 saturated carbocycles. The summed E-state index contributed by atoms with van der Waals surface area (Å²) >= 11 is 0. The highest BCUT2D eigenvalue weighted by molar-refractivity contribution is 5.34. The molecule has 0 saturated heterocycles. The highest BCUT2D eigenvalue weighted by Gasteiger charge is 2.23. The topological polar surface area (TPSA) is 32.3 Å². The molecule has 0 aromatic carbocycles. The quantitative estimate of drug-likeness (QED) is 0.547. The van der Waals surface area contributed by atoms with Crippen molar-refractivity contribution >= 4 is 0 Å². The van der Waals surface area contributed by atoms with Gasteiger partial charge in [0.1, 0.15) is 5.76 Å². The van der Waals surface area contributed by atoms with E-state index in [1.165, 1.54) is 0 Å². The molecule has 2 N–H and O–H groups in total. The molecule has 2 aliphatic rings. The lowest BCUT2D eigenvalue weighted by atomic mass is 9.93. The number of fused-ring (bicyclic) bond motifs is 1. The van der Waals surface area contributed by atoms with Gasteiger partial charge in [-0.05, 0) is 24.8 Å². The van der Waals surface area contributed by atoms with Gasteiger partial charge in [-0.3, -0.25) is 0 Å². The summed E-state index contributed by atoms with van der Waals surface area (Å²) in [5, 5.41) is 12.5. The second-order valence-electron chi connectivity index (χ2n) is 3.03. The molecule has 0 amide bonds. The lowest BCUT2D eigenvalue weighted by molar-refractivity contribution is 0.407. The zero-order valence-electron chi connectivity index (χ0n) is 6.41. The molecule has 0 fully saturated rings. The Balaban J connectivity index is 2.31. The third-order valence-electron chi connectivity index (χ3n) is 2.21. The summed E-state index contributed by atoms with van der Waals surface area (Å²) < 4.78 is 0. The van der Waals surface area contributed by atoms with Crippen LogP contribution in [0.1, 0.15) is 6.92 Å². The number of allylic oxidation sites excluding steroid dienone is 1. The van der Waals surface area contributed by atoms with Crippen LogP contribution in [0.15, 0.2) is 35.8 Å². The first-order valence-electron chi connectivity index (χ1n) is 3.79. The maximum atomic E-state index is 9.35. The van der Waals surface area contributed by atoms with E-state index in [9.17, 15) is 5.11 Å². The Morgan fingerprint density at radius 1 is 1.45 bits per heavy atom. The number of hydrogen-bond acceptors (Lipinski definition) is 2. The van der Waals surface area contributed by atoms with E-state index in [-0.39, 0.29) is 6.04 Å². The minimum Gasteiger partial charge on any atom is -0.508 e. The van der Waals surface area contributed by atoms with E-state index in [0.717, 1.165) is 5.57 Å². The number of hydrogen-bond donors (Lipinski definition) is 2. The summed E-state index contributed by atoms with van der Waals surface area (Å²) in [6.07, 6.45) is 7.99. The van der Waals surface area contributed by atoms with Gasteiger partial charge in [-0.25, -0.2) is 0 Å². The van der Waals surface area contributed by atoms with Crippen LogP contribution in [-0.4, -0.2) is 11.1 Å². The smallest absolute Gasteiger partial charge is 0.116 e. The summed E-state index contributed by atoms with van der Waals surface area (Å²) in [5.41, 5.74) is 0.972. The molecule has 2 heteroatoms. The number of nitrogens with one attached hydrogen (secondary N) is 1. The molecule has 1 heterocycles. The minimum absolute atomic E-state index is 0.277. The summed E-state index contributed by atoms with van der Waals surface area (Å²) in [6.45, 7) is 1.92. The van der Waals surface area contributed by atoms with Gasteiger partial charge in [0, 0.05) is 5.92 Å². The van der Waals surface area contributed by atoms with E-state index < -0.39 is 0 Å². The Labute approximate surface area is 65.9 Å². The summed E-state index contributed by atoms with van der Waals surface area (Å²) in [5.74, 6) is 0.841. The van der Waals surface area contributed by atoms with Crippen molar-refractivity contribution in [3.05, 3.63) is 35.8 Å². The molecule has 2 rings (SSSR count). The van der Waals surface area contributed by atoms with Gasteiger partial charge < -0.3 is 10.4 Å². The molecule has 0 spiro atoms. The summed E-state index contributed by atoms with van der Waals surface area (Å²) in [6, 6.07) is 0.277. The highest BCUT2D eigenvalue weighted by atomic mass is 16.3. The van der Waals surface area contributed by atoms with Crippen molar-refractivity contribution in [3.8, 4) is 0 Å². The molecule has 1 aliphatic carbocycles. The molecule has 0 aromatic rings. The SMILES string of the molecule is CC1=CC2C=CNC2C=C1O. The molecule has 0 bridgehead atoms. The highest BCUT2D eigenvalue weighted by Crippen LogP contribution is 2.24. The maximum Gasteiger partial charge on any atom is 0.116 e. The van der Waals surface area contributed by atoms with Gasteiger partial charge in [0.05, 0.1) is 6.04 Å². The molecular weight excluding hydrogens is 138 g/mol. The lowest BCUT2D eigenvalue weighted by Crippen LogP contribution is -2.26. The lowest BCUT2D eigenvalue weighted by Gasteiger charge is -2.19. The van der Waals surface area contributed by atoms with Crippen molar-refractivity contribution in [1.82, 2.24) is 5.32 Å². The molecule has 2 nitrogen and oxygen atoms in total. The van der Waals surface area contributed by atoms with Crippen LogP contribution in [0.2, 0.25) is 0 Å². The van der Waals surface area contributed by atoms with Gasteiger partial charge in [-0.1, -0.05) is 12.2 Å². The first kappa shape index (κ1) is 6.53. The molecule has 11 heavy (non-hydrogen) atoms. The van der Waals surface area contributed by atoms with Crippen molar-refractivity contribution in [2.45, 2.75) is 13.0 Å². The van der Waals surface area contributed by atoms with E-state index in [4.69, 9.17) is 0 Å². The van der Waals surface area contributed by atoms with Crippen molar-refractivity contribution < 1.29 is 5.11 Å². The number of rotatable bonds is 0. The van der Waals surface area contributed by atoms with Crippen molar-refractivity contribution in [2.24, 2.45) is 5.92 Å². The Kier molecular flexibility index (Phi) is 1.28. The van der Waals surface area contributed by atoms with Gasteiger partial charge in [0.25, 0.3) is 0 Å². The first-order valence-corrected chi connectivity index (χ1v) is 3.79. The van der Waals surface area contributed by atoms with Gasteiger partial charge in [0.2, 0.25) is 0 Å². The van der Waals surface area contributed by atoms with Crippen molar-refractivity contribution in [1.29, 1.82) is 0 Å². The Morgan fingerprint density at radius 2 is 2.27 bits per heavy atom. The average Bonchev–Trinajstić information content (AvgIpc) is 2.36. The Bertz CT molecular complexity index is 263. The first-order chi connectivity index (χ1) is 5.27. The van der Waals surface area contributed by atoms with Gasteiger partial charge in [-0.15, -0.1) is 0 Å². The van der Waals surface area contributed by atoms with Crippen LogP contribution < -0.4 is 5.32 Å². The van der Waals surface area contributed by atoms with Crippen molar-refractivity contribution in [2.75, 3.05) is 0 Å². The van der Waals surface area contributed by atoms with E-state index in [1.807, 2.05) is 19.2 Å². The van der Waals surface area contributed by atoms with Crippen LogP contribution in [0.5, 0.6) is 0 Å². The van der Waals surface area contributed by atoms with E-state index in [1.54, 1.807) is 0 Å². The molecule has 0 radical (unpaired) electrons. The van der Waals surface area contributed by atoms with Crippen LogP contribution in [0, 0.1) is 5.92 Å². The fraction of sp³-hybridized carbons (Fsp3) is 0.333. The van der Waals surface area contributed by atoms with Crippen molar-refractivity contribution in [3.63, 3.8) is 0 Å². The van der Waals surface area contributed by atoms with Crippen LogP contribution in [0.25, 0.3) is 0 Å². The predicted molar refractivity (Wildman–Crippen MR) is 44.0 cm³/mol. The van der Waals surface area contributed by atoms with Crippen LogP contribution >= 0.6 is 0 Å². The third kappa shape index (κ3) is 0.946. The molecular formula is C9H11NO. The molecule has 2 atom stereocenters. The van der Waals surface area contributed by atoms with Crippen LogP contribution in [0.3, 0.4) is 0 Å². The Morgan fingerprint density at radius 3 is 3.09 bits per heavy atom. The third-order valence-corrected chi connectivity index (χ3v) is 2.21. The predicted octanol–water partition coefficient (Wildman–Crippen LogP) is 1.49. The zero-order chi connectivity index (χ0) is 7.84. The fourth-order valence-corrected chi connectivity index (χ4v) is 1.50. The minimum atomic E-state index is 0.277. The van der Waals surface area contributed by atoms with Gasteiger partial charge in [0.15, 0.2) is 0 Å². The molecule has 1 aliphatic heterocycles. The largest absolute Gasteiger partial charge is 0.508 e. The van der Waals surface area contributed by atoms with E-state index in [0.29, 0.717) is 11.7 Å². The monoisotopic (exact) mass is 149 g/mol. The summed E-state index contributed by atoms with van der Waals surface area (Å²) in [7, 11) is 0. The molecule has 58 valence electrons. The number of aliphatic hydroxyl groups excluding tert-OH is 1. The summed E-state index contributed by atoms with van der Waals surface area (Å²) in [4.78, 5) is 0. The maximum absolute atomic E-state index is 9.35. The molecule has 2 unspecified atom stereocenters.